The smallest absolute Gasteiger partial charge is 0.261 e. The average molecular weight is 482 g/mol. The summed E-state index contributed by atoms with van der Waals surface area (Å²) in [7, 11) is 0. The van der Waals surface area contributed by atoms with E-state index in [-0.39, 0.29) is 18.4 Å². The molecular weight excluding hydrogens is 456 g/mol. The molecule has 0 heterocycles. The molecule has 0 aromatic heterocycles. The van der Waals surface area contributed by atoms with E-state index in [0.29, 0.717) is 30.3 Å². The second kappa shape index (κ2) is 11.8. The van der Waals surface area contributed by atoms with Gasteiger partial charge in [-0.1, -0.05) is 53.5 Å². The zero-order valence-corrected chi connectivity index (χ0v) is 19.0. The molecule has 2 aromatic carbocycles. The van der Waals surface area contributed by atoms with Gasteiger partial charge in [0.15, 0.2) is 6.61 Å². The predicted octanol–water partition coefficient (Wildman–Crippen LogP) is 4.81. The molecule has 1 unspecified atom stereocenters. The molecule has 2 amide bonds. The van der Waals surface area contributed by atoms with Crippen LogP contribution in [0.3, 0.4) is 0 Å². The third-order valence-corrected chi connectivity index (χ3v) is 5.16. The van der Waals surface area contributed by atoms with Crippen LogP contribution in [-0.4, -0.2) is 35.9 Å². The Morgan fingerprint density at radius 2 is 1.76 bits per heavy atom. The van der Waals surface area contributed by atoms with Crippen molar-refractivity contribution < 1.29 is 14.3 Å². The third-order valence-electron chi connectivity index (χ3n) is 4.38. The Balaban J connectivity index is 2.16. The zero-order chi connectivity index (χ0) is 21.2. The summed E-state index contributed by atoms with van der Waals surface area (Å²) in [6, 6.07) is 13.9. The largest absolute Gasteiger partial charge is 0.484 e. The second-order valence-corrected chi connectivity index (χ2v) is 7.96. The predicted molar refractivity (Wildman–Crippen MR) is 119 cm³/mol. The van der Waals surface area contributed by atoms with E-state index in [2.05, 4.69) is 21.2 Å². The van der Waals surface area contributed by atoms with E-state index >= 15 is 0 Å². The van der Waals surface area contributed by atoms with Gasteiger partial charge in [0.25, 0.3) is 5.91 Å². The first-order valence-corrected chi connectivity index (χ1v) is 10.8. The van der Waals surface area contributed by atoms with Crippen LogP contribution >= 0.6 is 27.5 Å². The van der Waals surface area contributed by atoms with Gasteiger partial charge in [-0.25, -0.2) is 0 Å². The molecule has 0 radical (unpaired) electrons. The number of halogens is 2. The summed E-state index contributed by atoms with van der Waals surface area (Å²) in [6.07, 6.45) is 1.34. The third kappa shape index (κ3) is 7.37. The van der Waals surface area contributed by atoms with E-state index in [1.165, 1.54) is 0 Å². The maximum atomic E-state index is 13.0. The van der Waals surface area contributed by atoms with Crippen molar-refractivity contribution >= 4 is 39.3 Å². The molecule has 0 spiro atoms. The average Bonchev–Trinajstić information content (AvgIpc) is 2.72. The van der Waals surface area contributed by atoms with Crippen LogP contribution in [0.1, 0.15) is 32.3 Å². The zero-order valence-electron chi connectivity index (χ0n) is 16.7. The second-order valence-electron chi connectivity index (χ2n) is 6.61. The Kier molecular flexibility index (Phi) is 9.48. The Labute approximate surface area is 185 Å². The minimum Gasteiger partial charge on any atom is -0.484 e. The van der Waals surface area contributed by atoms with Crippen LogP contribution in [0.5, 0.6) is 5.75 Å². The molecule has 0 saturated carbocycles. The molecule has 0 aliphatic heterocycles. The summed E-state index contributed by atoms with van der Waals surface area (Å²) in [5.74, 6) is 0.193. The Bertz CT molecular complexity index is 797. The van der Waals surface area contributed by atoms with Gasteiger partial charge in [-0.3, -0.25) is 9.59 Å². The van der Waals surface area contributed by atoms with Crippen LogP contribution in [-0.2, 0) is 16.1 Å². The van der Waals surface area contributed by atoms with E-state index in [1.54, 1.807) is 29.2 Å². The van der Waals surface area contributed by atoms with Crippen LogP contribution in [0.2, 0.25) is 5.02 Å². The monoisotopic (exact) mass is 480 g/mol. The summed E-state index contributed by atoms with van der Waals surface area (Å²) in [5.41, 5.74) is 0.896. The van der Waals surface area contributed by atoms with E-state index in [0.717, 1.165) is 16.5 Å². The fourth-order valence-electron chi connectivity index (χ4n) is 2.83. The molecule has 0 fully saturated rings. The Morgan fingerprint density at radius 1 is 1.10 bits per heavy atom. The maximum absolute atomic E-state index is 13.0. The van der Waals surface area contributed by atoms with Crippen molar-refractivity contribution in [1.82, 2.24) is 10.2 Å². The van der Waals surface area contributed by atoms with Crippen molar-refractivity contribution in [1.29, 1.82) is 0 Å². The van der Waals surface area contributed by atoms with Gasteiger partial charge < -0.3 is 15.0 Å². The van der Waals surface area contributed by atoms with E-state index in [1.807, 2.05) is 38.1 Å². The lowest BCUT2D eigenvalue weighted by atomic mass is 10.1. The number of nitrogens with one attached hydrogen (secondary N) is 1. The van der Waals surface area contributed by atoms with Crippen LogP contribution < -0.4 is 10.1 Å². The van der Waals surface area contributed by atoms with E-state index in [9.17, 15) is 9.59 Å². The quantitative estimate of drug-likeness (QED) is 0.529. The number of ether oxygens (including phenoxy) is 1. The summed E-state index contributed by atoms with van der Waals surface area (Å²) >= 11 is 9.34. The molecule has 29 heavy (non-hydrogen) atoms. The highest BCUT2D eigenvalue weighted by atomic mass is 79.9. The lowest BCUT2D eigenvalue weighted by Crippen LogP contribution is -2.50. The number of carbonyl (C=O) groups is 2. The van der Waals surface area contributed by atoms with Crippen molar-refractivity contribution in [3.63, 3.8) is 0 Å². The molecule has 5 nitrogen and oxygen atoms in total. The van der Waals surface area contributed by atoms with Crippen molar-refractivity contribution in [3.05, 3.63) is 63.6 Å². The molecule has 1 N–H and O–H groups in total. The summed E-state index contributed by atoms with van der Waals surface area (Å²) in [4.78, 5) is 27.3. The molecule has 7 heteroatoms. The molecule has 1 atom stereocenters. The fourth-order valence-corrected chi connectivity index (χ4v) is 3.22. The van der Waals surface area contributed by atoms with Crippen molar-refractivity contribution in [2.75, 3.05) is 13.2 Å². The number of benzene rings is 2. The molecule has 2 rings (SSSR count). The molecular formula is C22H26BrClN2O3. The maximum Gasteiger partial charge on any atom is 0.261 e. The highest BCUT2D eigenvalue weighted by molar-refractivity contribution is 9.10. The topological polar surface area (TPSA) is 58.6 Å². The summed E-state index contributed by atoms with van der Waals surface area (Å²) < 4.78 is 6.58. The van der Waals surface area contributed by atoms with E-state index in [4.69, 9.17) is 16.3 Å². The molecule has 156 valence electrons. The normalized spacial score (nSPS) is 11.6. The first kappa shape index (κ1) is 23.2. The van der Waals surface area contributed by atoms with Gasteiger partial charge in [0.05, 0.1) is 0 Å². The standard InChI is InChI=1S/C22H26BrClN2O3/c1-3-13-25-22(28)20(4-2)26(14-16-5-9-18(24)10-6-16)21(27)15-29-19-11-7-17(23)8-12-19/h5-12,20H,3-4,13-15H2,1-2H3,(H,25,28). The molecule has 0 bridgehead atoms. The van der Waals surface area contributed by atoms with Gasteiger partial charge >= 0.3 is 0 Å². The van der Waals surface area contributed by atoms with Crippen LogP contribution in [0.15, 0.2) is 53.0 Å². The van der Waals surface area contributed by atoms with Gasteiger partial charge in [-0.2, -0.15) is 0 Å². The van der Waals surface area contributed by atoms with Gasteiger partial charge in [-0.15, -0.1) is 0 Å². The minimum absolute atomic E-state index is 0.146. The number of hydrogen-bond donors (Lipinski definition) is 1. The van der Waals surface area contributed by atoms with Crippen molar-refractivity contribution in [2.24, 2.45) is 0 Å². The Hall–Kier alpha value is -2.05. The molecule has 0 aliphatic rings. The van der Waals surface area contributed by atoms with Crippen LogP contribution in [0, 0.1) is 0 Å². The number of rotatable bonds is 10. The number of carbonyl (C=O) groups excluding carboxylic acids is 2. The van der Waals surface area contributed by atoms with Gasteiger partial charge in [0.2, 0.25) is 5.91 Å². The molecule has 0 saturated heterocycles. The highest BCUT2D eigenvalue weighted by Crippen LogP contribution is 2.18. The van der Waals surface area contributed by atoms with Crippen LogP contribution in [0.4, 0.5) is 0 Å². The molecule has 2 aromatic rings. The van der Waals surface area contributed by atoms with Crippen molar-refractivity contribution in [2.45, 2.75) is 39.3 Å². The fraction of sp³-hybridized carbons (Fsp3) is 0.364. The summed E-state index contributed by atoms with van der Waals surface area (Å²) in [5, 5.41) is 3.52. The van der Waals surface area contributed by atoms with Crippen molar-refractivity contribution in [3.8, 4) is 5.75 Å². The number of amides is 2. The lowest BCUT2D eigenvalue weighted by Gasteiger charge is -2.30. The van der Waals surface area contributed by atoms with Crippen LogP contribution in [0.25, 0.3) is 0 Å². The highest BCUT2D eigenvalue weighted by Gasteiger charge is 2.28. The van der Waals surface area contributed by atoms with Gasteiger partial charge in [0, 0.05) is 22.6 Å². The number of hydrogen-bond acceptors (Lipinski definition) is 3. The van der Waals surface area contributed by atoms with Gasteiger partial charge in [0.1, 0.15) is 11.8 Å². The number of nitrogens with zero attached hydrogens (tertiary/aromatic N) is 1. The first-order valence-electron chi connectivity index (χ1n) is 9.64. The minimum atomic E-state index is -0.571. The first-order chi connectivity index (χ1) is 13.9. The summed E-state index contributed by atoms with van der Waals surface area (Å²) in [6.45, 7) is 4.62. The Morgan fingerprint density at radius 3 is 2.34 bits per heavy atom. The van der Waals surface area contributed by atoms with E-state index < -0.39 is 6.04 Å². The lowest BCUT2D eigenvalue weighted by molar-refractivity contribution is -0.143. The SMILES string of the molecule is CCCNC(=O)C(CC)N(Cc1ccc(Cl)cc1)C(=O)COc1ccc(Br)cc1. The molecule has 0 aliphatic carbocycles. The van der Waals surface area contributed by atoms with Gasteiger partial charge in [-0.05, 0) is 54.8 Å².